The fraction of sp³-hybridized carbons (Fsp3) is 0.417. The molecule has 3 N–H and O–H groups in total. The average Bonchev–Trinajstić information content (AvgIpc) is 4.21. The number of anilines is 4. The van der Waals surface area contributed by atoms with Gasteiger partial charge in [-0.15, -0.1) is 0 Å². The van der Waals surface area contributed by atoms with E-state index in [9.17, 15) is 18.8 Å². The van der Waals surface area contributed by atoms with Crippen molar-refractivity contribution in [2.45, 2.75) is 97.6 Å². The molecule has 0 amide bonds. The Morgan fingerprint density at radius 3 is 1.55 bits per heavy atom. The summed E-state index contributed by atoms with van der Waals surface area (Å²) in [5.41, 5.74) is 6.60. The zero-order valence-corrected chi connectivity index (χ0v) is 37.5. The highest BCUT2D eigenvalue weighted by atomic mass is 32.2. The molecule has 17 nitrogen and oxygen atoms in total. The summed E-state index contributed by atoms with van der Waals surface area (Å²) in [6.07, 6.45) is 22.5. The highest BCUT2D eigenvalue weighted by molar-refractivity contribution is 7.86. The third-order valence-electron chi connectivity index (χ3n) is 11.9. The van der Waals surface area contributed by atoms with Crippen LogP contribution in [0, 0.1) is 47.3 Å². The normalized spacial score (nSPS) is 16.4. The van der Waals surface area contributed by atoms with Gasteiger partial charge in [-0.3, -0.25) is 13.5 Å². The summed E-state index contributed by atoms with van der Waals surface area (Å²) < 4.78 is 35.6. The molecule has 0 unspecified atom stereocenters. The van der Waals surface area contributed by atoms with E-state index in [0.29, 0.717) is 30.6 Å². The first kappa shape index (κ1) is 47.1. The van der Waals surface area contributed by atoms with Crippen LogP contribution >= 0.6 is 0 Å². The van der Waals surface area contributed by atoms with E-state index in [0.717, 1.165) is 95.5 Å². The molecule has 66 heavy (non-hydrogen) atoms. The highest BCUT2D eigenvalue weighted by Gasteiger charge is 2.39. The molecular weight excluding hydrogens is 857 g/mol. The number of ether oxygens (including phenoxy) is 1. The van der Waals surface area contributed by atoms with Crippen molar-refractivity contribution in [2.75, 3.05) is 30.1 Å². The molecule has 344 valence electrons. The molecule has 0 atom stereocenters. The van der Waals surface area contributed by atoms with Gasteiger partial charge in [0.25, 0.3) is 10.1 Å². The third-order valence-corrected chi connectivity index (χ3v) is 12.5. The number of rotatable bonds is 14. The number of aromatic hydroxyl groups is 1. The first-order chi connectivity index (χ1) is 31.3. The molecule has 0 spiro atoms. The number of nitrogens with zero attached hydrogens (tertiary/aromatic N) is 10. The molecule has 0 saturated heterocycles. The first-order valence-corrected chi connectivity index (χ1v) is 23.6. The Labute approximate surface area is 386 Å². The Bertz CT molecular complexity index is 2800. The summed E-state index contributed by atoms with van der Waals surface area (Å²) in [6, 6.07) is 20.5. The van der Waals surface area contributed by atoms with Crippen molar-refractivity contribution in [3.8, 4) is 46.2 Å². The van der Waals surface area contributed by atoms with Crippen LogP contribution < -0.4 is 15.4 Å². The van der Waals surface area contributed by atoms with Crippen LogP contribution in [0.1, 0.15) is 94.8 Å². The Morgan fingerprint density at radius 1 is 0.712 bits per heavy atom. The van der Waals surface area contributed by atoms with Crippen LogP contribution in [0.4, 0.5) is 23.3 Å². The minimum atomic E-state index is -3.39. The summed E-state index contributed by atoms with van der Waals surface area (Å²) >= 11 is 0. The highest BCUT2D eigenvalue weighted by Crippen LogP contribution is 2.42. The number of nitriles is 2. The van der Waals surface area contributed by atoms with Crippen molar-refractivity contribution in [2.24, 2.45) is 10.8 Å². The standard InChI is InChI=1S/C23H24N6O.C17H17N5O.C7H11NO3S.CH4/c1-16-11-25-22(27-18-12-26-29(13-18)19-5-6-19)28-21(16)17-3-7-20(8-4-17)30-15-23(14-24)9-2-10-23;1-11-8-18-17(20-13-9-19-22(10-13)14-4-5-14)21-16(11)12-2-6-15(23)7-3-12;1-12(9,10)11-6-7(5-8)3-2-4-7;/h3-4,7-8,11-13,19H,2,5-6,9-10,15H2,1H3,(H,25,27,28);2-3,6-10,14,23H,4-5H2,1H3,(H,18,20,21);2-4,6H2,1H3;1H4. The Morgan fingerprint density at radius 2 is 1.15 bits per heavy atom. The number of aromatic nitrogens is 8. The van der Waals surface area contributed by atoms with Gasteiger partial charge in [-0.25, -0.2) is 19.9 Å². The number of nitrogens with one attached hydrogen (secondary N) is 2. The predicted octanol–water partition coefficient (Wildman–Crippen LogP) is 9.52. The molecule has 6 aromatic rings. The Hall–Kier alpha value is -6.89. The van der Waals surface area contributed by atoms with Gasteiger partial charge < -0.3 is 20.5 Å². The molecule has 4 aliphatic rings. The van der Waals surface area contributed by atoms with Crippen LogP contribution in [-0.2, 0) is 14.3 Å². The largest absolute Gasteiger partial charge is 0.508 e. The summed E-state index contributed by atoms with van der Waals surface area (Å²) in [5, 5.41) is 42.7. The molecule has 4 heterocycles. The monoisotopic (exact) mass is 912 g/mol. The van der Waals surface area contributed by atoms with Gasteiger partial charge in [0, 0.05) is 35.9 Å². The van der Waals surface area contributed by atoms with Crippen molar-refractivity contribution in [1.82, 2.24) is 39.5 Å². The van der Waals surface area contributed by atoms with E-state index >= 15 is 0 Å². The zero-order chi connectivity index (χ0) is 45.6. The quantitative estimate of drug-likeness (QED) is 0.0864. The average molecular weight is 913 g/mol. The van der Waals surface area contributed by atoms with Crippen molar-refractivity contribution in [1.29, 1.82) is 10.5 Å². The van der Waals surface area contributed by atoms with Gasteiger partial charge >= 0.3 is 0 Å². The van der Waals surface area contributed by atoms with Gasteiger partial charge in [0.2, 0.25) is 11.9 Å². The second-order valence-corrected chi connectivity index (χ2v) is 19.0. The van der Waals surface area contributed by atoms with Gasteiger partial charge in [0.05, 0.1) is 83.1 Å². The lowest BCUT2D eigenvalue weighted by atomic mass is 9.71. The minimum absolute atomic E-state index is 0. The molecule has 10 rings (SSSR count). The van der Waals surface area contributed by atoms with Crippen molar-refractivity contribution in [3.05, 3.63) is 96.8 Å². The van der Waals surface area contributed by atoms with Crippen LogP contribution in [0.25, 0.3) is 22.5 Å². The smallest absolute Gasteiger partial charge is 0.264 e. The maximum atomic E-state index is 10.6. The van der Waals surface area contributed by atoms with E-state index in [1.54, 1.807) is 24.5 Å². The molecule has 4 aliphatic carbocycles. The predicted molar refractivity (Wildman–Crippen MR) is 250 cm³/mol. The molecule has 0 aliphatic heterocycles. The van der Waals surface area contributed by atoms with Gasteiger partial charge in [-0.05, 0) is 125 Å². The SMILES string of the molecule is C.CS(=O)(=O)OCC1(C#N)CCC1.Cc1cnc(Nc2cnn(C3CC3)c2)nc1-c1ccc(O)cc1.Cc1cnc(Nc2cnn(C3CC3)c2)nc1-c1ccc(OCC2(C#N)CCC2)cc1. The number of aryl methyl sites for hydroxylation is 2. The zero-order valence-electron chi connectivity index (χ0n) is 36.7. The van der Waals surface area contributed by atoms with E-state index in [1.165, 1.54) is 25.7 Å². The van der Waals surface area contributed by atoms with Gasteiger partial charge in [0.1, 0.15) is 18.1 Å². The number of benzene rings is 2. The maximum Gasteiger partial charge on any atom is 0.264 e. The molecule has 4 fully saturated rings. The van der Waals surface area contributed by atoms with Crippen LogP contribution in [0.5, 0.6) is 11.5 Å². The van der Waals surface area contributed by atoms with E-state index in [4.69, 9.17) is 15.0 Å². The Balaban J connectivity index is 0.000000159. The van der Waals surface area contributed by atoms with E-state index in [-0.39, 0.29) is 25.2 Å². The topological polar surface area (TPSA) is 232 Å². The number of phenolic OH excluding ortho intramolecular Hbond substituents is 1. The number of hydrogen-bond acceptors (Lipinski definition) is 15. The summed E-state index contributed by atoms with van der Waals surface area (Å²) in [7, 11) is -3.39. The van der Waals surface area contributed by atoms with Crippen LogP contribution in [0.2, 0.25) is 0 Å². The van der Waals surface area contributed by atoms with Crippen LogP contribution in [0.15, 0.2) is 85.7 Å². The molecule has 4 aromatic heterocycles. The van der Waals surface area contributed by atoms with Crippen molar-refractivity contribution >= 4 is 33.4 Å². The van der Waals surface area contributed by atoms with Crippen LogP contribution in [-0.4, -0.2) is 72.5 Å². The summed E-state index contributed by atoms with van der Waals surface area (Å²) in [6.45, 7) is 4.44. The van der Waals surface area contributed by atoms with Gasteiger partial charge in [-0.2, -0.15) is 29.1 Å². The second kappa shape index (κ2) is 20.1. The molecule has 0 radical (unpaired) electrons. The van der Waals surface area contributed by atoms with Gasteiger partial charge in [0.15, 0.2) is 0 Å². The van der Waals surface area contributed by atoms with Gasteiger partial charge in [-0.1, -0.05) is 20.3 Å². The number of phenols is 1. The summed E-state index contributed by atoms with van der Waals surface area (Å²) in [5.74, 6) is 2.10. The van der Waals surface area contributed by atoms with E-state index in [2.05, 4.69) is 52.1 Å². The first-order valence-electron chi connectivity index (χ1n) is 21.8. The molecule has 4 saturated carbocycles. The number of hydrogen-bond donors (Lipinski definition) is 3. The lowest BCUT2D eigenvalue weighted by Crippen LogP contribution is -2.34. The molecule has 2 aromatic carbocycles. The fourth-order valence-electron chi connectivity index (χ4n) is 7.28. The summed E-state index contributed by atoms with van der Waals surface area (Å²) in [4.78, 5) is 18.1. The van der Waals surface area contributed by atoms with E-state index < -0.39 is 15.5 Å². The van der Waals surface area contributed by atoms with Crippen LogP contribution in [0.3, 0.4) is 0 Å². The lowest BCUT2D eigenvalue weighted by Gasteiger charge is -2.34. The van der Waals surface area contributed by atoms with E-state index in [1.807, 2.05) is 84.4 Å². The lowest BCUT2D eigenvalue weighted by molar-refractivity contribution is 0.115. The second-order valence-electron chi connectivity index (χ2n) is 17.4. The molecular formula is C48H56N12O5S. The minimum Gasteiger partial charge on any atom is -0.508 e. The molecule has 18 heteroatoms. The van der Waals surface area contributed by atoms with Crippen molar-refractivity contribution < 1.29 is 22.4 Å². The fourth-order valence-corrected chi connectivity index (χ4v) is 7.72. The molecule has 0 bridgehead atoms. The maximum absolute atomic E-state index is 10.6. The van der Waals surface area contributed by atoms with Crippen molar-refractivity contribution in [3.63, 3.8) is 0 Å². The Kier molecular flexibility index (Phi) is 14.3. The third kappa shape index (κ3) is 12.1.